The van der Waals surface area contributed by atoms with Gasteiger partial charge < -0.3 is 79.5 Å². The van der Waals surface area contributed by atoms with E-state index in [-0.39, 0.29) is 213 Å². The molecule has 0 amide bonds. The van der Waals surface area contributed by atoms with Crippen LogP contribution in [0.5, 0.6) is 0 Å². The van der Waals surface area contributed by atoms with Crippen molar-refractivity contribution in [2.24, 2.45) is 0 Å². The molecule has 4 aliphatic carbocycles. The van der Waals surface area contributed by atoms with Crippen LogP contribution in [0.4, 0.5) is 46.5 Å². The van der Waals surface area contributed by atoms with Gasteiger partial charge >= 0.3 is 54.7 Å². The standard InChI is InChI=1S/C23H25F2N3O7.C16H22F2N2O4.C15H20F2N2O4.C14H18F2N2O4.C7H5NO4.C4H12N2Si.I2.HI.Li.H2O.H2/c1-2-33-22(30)20-18-12-23(24,25)9-7-19(18)27(26-20)13-17-11-16(8-10-34-17)35-21(29)14-3-5-15(6-4-14)28(31)32;1-2-23-15(22)14-12-8-16(17,18)5-3-13(12)20(19-14)9-11-7-10(21)4-6-24-11;1-22-14(21)13-11-7-15(16,17)4-2-12(11)19(18-13)8-10-6-9(20)3-5-23-10;15-14(16)3-1-11-10(6-14)12(13(20)21)17-18(11)7-9-5-8(19)2-4-22-9;9-7(10)5-1-3-6(4-2-5)8(11)12;1-7(2,3)4-6-5;1-2;;;;/h3-6,16-17H,2,7-13H2,1H3;10-11,21H,2-9H2,1H3;9-10,20H,2-8H2,1H3;8-9,19H,1-7H2,(H,20,21);1-4H,(H,9,10);6H,4H2,1-3H3;;1H;;1H2;1H/q;;;;;;;;+1;;/p-1/t16-,17-;10-,11+;9-,10-;8-,9-;;;;;;;/m0100......./s1. The SMILES string of the molecule is CCOC(=O)c1nn(C[C@@H]2C[C@@H](OC(=O)c3ccc([N+](=O)[O-])cc3)CCO2)c2c1CC(F)(F)CC2.CCOC(=O)c1nn(C[C@@H]2C[C@H](O)CCO2)c2c1CC(F)(F)CC2.COC(=O)c1nn(C[C@@H]2C[C@@H](O)CCO2)c2c1CC(F)(F)CC2.C[Si](C)(C)C[NH+]=[N-].I.II.O=C(O)c1ccc([N+](=O)[O-])cc1.O=C(O)c1nn(C[C@@H]2C[C@@H](O)CCO2)c2c1CC(F)(F)CC2.[HH].[Li+].[OH-]. The first kappa shape index (κ1) is 111. The number of rotatable bonds is 21. The number of nitro groups is 2. The monoisotopic (exact) mass is 2170 g/mol. The first-order valence-electron chi connectivity index (χ1n) is 40.4. The van der Waals surface area contributed by atoms with Crippen LogP contribution in [0.3, 0.4) is 0 Å². The molecule has 128 heavy (non-hydrogen) atoms. The first-order valence-corrected chi connectivity index (χ1v) is 50.4. The third-order valence-corrected chi connectivity index (χ3v) is 22.4. The molecule has 2 aromatic carbocycles. The van der Waals surface area contributed by atoms with Crippen molar-refractivity contribution in [1.29, 1.82) is 0 Å². The molecular formula is C79H106F8I3LiN12O24Si. The zero-order chi connectivity index (χ0) is 92.1. The molecule has 0 bridgehead atoms. The van der Waals surface area contributed by atoms with E-state index in [0.29, 0.717) is 114 Å². The van der Waals surface area contributed by atoms with Gasteiger partial charge in [-0.25, -0.2) is 63.9 Å². The number of carbonyl (C=O) groups is 6. The summed E-state index contributed by atoms with van der Waals surface area (Å²) in [4.78, 5) is 90.1. The van der Waals surface area contributed by atoms with Crippen LogP contribution in [0, 0.1) is 20.2 Å². The van der Waals surface area contributed by atoms with Crippen LogP contribution >= 0.6 is 61.2 Å². The second kappa shape index (κ2) is 50.5. The van der Waals surface area contributed by atoms with Crippen LogP contribution in [0.15, 0.2) is 48.5 Å². The number of aromatic nitrogens is 8. The molecule has 7 N–H and O–H groups in total. The molecule has 4 fully saturated rings. The van der Waals surface area contributed by atoms with Crippen LogP contribution < -0.4 is 24.0 Å². The molecule has 4 aliphatic heterocycles. The van der Waals surface area contributed by atoms with Gasteiger partial charge in [0, 0.05) is 211 Å². The Balaban J connectivity index is 0.000000336. The van der Waals surface area contributed by atoms with E-state index in [0.717, 1.165) is 18.3 Å². The summed E-state index contributed by atoms with van der Waals surface area (Å²) in [7, 11) is 0.185. The predicted octanol–water partition coefficient (Wildman–Crippen LogP) is 8.52. The van der Waals surface area contributed by atoms with E-state index >= 15 is 0 Å². The first-order chi connectivity index (χ1) is 59.0. The number of carboxylic acid groups (broad SMARTS) is 2. The molecule has 0 saturated carbocycles. The third-order valence-electron chi connectivity index (χ3n) is 21.2. The minimum absolute atomic E-state index is 0. The van der Waals surface area contributed by atoms with Gasteiger partial charge in [0.05, 0.1) is 117 Å². The quantitative estimate of drug-likeness (QED) is 0.00574. The minimum Gasteiger partial charge on any atom is -0.870 e. The molecule has 0 unspecified atom stereocenters. The Morgan fingerprint density at radius 1 is 0.516 bits per heavy atom. The van der Waals surface area contributed by atoms with E-state index in [1.54, 1.807) is 23.2 Å². The summed E-state index contributed by atoms with van der Waals surface area (Å²) in [6, 6.07) is 9.83. The number of aliphatic hydroxyl groups excluding tert-OH is 3. The number of non-ortho nitro benzene ring substituents is 2. The molecule has 8 atom stereocenters. The van der Waals surface area contributed by atoms with Crippen molar-refractivity contribution in [3.63, 3.8) is 0 Å². The molecule has 14 rings (SSSR count). The third kappa shape index (κ3) is 32.5. The summed E-state index contributed by atoms with van der Waals surface area (Å²) < 4.78 is 159. The summed E-state index contributed by atoms with van der Waals surface area (Å²) in [5.41, 5.74) is 11.0. The number of aromatic carboxylic acids is 2. The van der Waals surface area contributed by atoms with Crippen molar-refractivity contribution in [3.05, 3.63) is 153 Å². The molecule has 4 aromatic heterocycles. The Bertz CT molecular complexity index is 4700. The van der Waals surface area contributed by atoms with Crippen LogP contribution in [-0.4, -0.2) is 249 Å². The van der Waals surface area contributed by atoms with Gasteiger partial charge in [0.1, 0.15) is 20.3 Å². The number of methoxy groups -OCH3 is 1. The Kier molecular flexibility index (Phi) is 43.8. The number of esters is 4. The Labute approximate surface area is 784 Å². The van der Waals surface area contributed by atoms with E-state index in [1.807, 2.05) is 0 Å². The number of nitrogens with zero attached hydrogens (tertiary/aromatic N) is 11. The second-order valence-corrected chi connectivity index (χ2v) is 37.5. The van der Waals surface area contributed by atoms with Gasteiger partial charge in [-0.3, -0.25) is 39.0 Å². The molecule has 6 aromatic rings. The van der Waals surface area contributed by atoms with Crippen molar-refractivity contribution in [1.82, 2.24) is 39.1 Å². The number of alkyl halides is 8. The predicted molar refractivity (Wildman–Crippen MR) is 463 cm³/mol. The molecule has 49 heteroatoms. The van der Waals surface area contributed by atoms with Gasteiger partial charge in [0.15, 0.2) is 22.8 Å². The largest absolute Gasteiger partial charge is 1.00 e. The number of carboxylic acids is 2. The van der Waals surface area contributed by atoms with Crippen molar-refractivity contribution in [3.8, 4) is 0 Å². The van der Waals surface area contributed by atoms with E-state index in [9.17, 15) is 105 Å². The van der Waals surface area contributed by atoms with Gasteiger partial charge in [-0.05, 0) is 83.1 Å². The van der Waals surface area contributed by atoms with Crippen LogP contribution in [0.2, 0.25) is 19.6 Å². The maximum Gasteiger partial charge on any atom is 1.00 e. The molecule has 0 radical (unpaired) electrons. The molecule has 0 spiro atoms. The summed E-state index contributed by atoms with van der Waals surface area (Å²) in [5, 5.41) is 86.6. The van der Waals surface area contributed by atoms with Crippen LogP contribution in [-0.2, 0) is 115 Å². The summed E-state index contributed by atoms with van der Waals surface area (Å²) in [6.45, 7) is 12.9. The number of aliphatic hydroxyl groups is 3. The van der Waals surface area contributed by atoms with Gasteiger partial charge in [-0.1, -0.05) is 19.6 Å². The molecule has 8 aliphatic rings. The summed E-state index contributed by atoms with van der Waals surface area (Å²) in [6.07, 6.45) is -1.06. The van der Waals surface area contributed by atoms with Crippen molar-refractivity contribution < 1.29 is 168 Å². The fourth-order valence-electron chi connectivity index (χ4n) is 15.1. The Morgan fingerprint density at radius 3 is 1.09 bits per heavy atom. The van der Waals surface area contributed by atoms with Crippen molar-refractivity contribution in [2.45, 2.75) is 261 Å². The molecule has 4 saturated heterocycles. The van der Waals surface area contributed by atoms with E-state index in [4.69, 9.17) is 43.8 Å². The number of hydrogen-bond acceptors (Lipinski definition) is 26. The second-order valence-electron chi connectivity index (χ2n) is 32.1. The van der Waals surface area contributed by atoms with Crippen molar-refractivity contribution in [2.75, 3.05) is 52.9 Å². The molecule has 708 valence electrons. The number of hydrogen-bond donors (Lipinski definition) is 6. The smallest absolute Gasteiger partial charge is 0.870 e. The zero-order valence-electron chi connectivity index (χ0n) is 71.3. The average Bonchev–Trinajstić information content (AvgIpc) is 1.64. The van der Waals surface area contributed by atoms with Gasteiger partial charge in [0.2, 0.25) is 0 Å². The van der Waals surface area contributed by atoms with E-state index in [2.05, 4.69) is 87.1 Å². The number of benzene rings is 2. The van der Waals surface area contributed by atoms with Gasteiger partial charge in [0.25, 0.3) is 35.1 Å². The Hall–Kier alpha value is -7.38. The summed E-state index contributed by atoms with van der Waals surface area (Å²) in [5.74, 6) is -16.6. The fraction of sp³-hybridized carbons (Fsp3) is 0.620. The van der Waals surface area contributed by atoms with Crippen LogP contribution in [0.1, 0.15) is 200 Å². The topological polar surface area (TPSA) is 501 Å². The normalized spacial score (nSPS) is 21.7. The average molecular weight is 2180 g/mol. The molecule has 36 nitrogen and oxygen atoms in total. The number of nitrogens with one attached hydrogen (secondary N) is 1. The number of ether oxygens (including phenoxy) is 8. The zero-order valence-corrected chi connectivity index (χ0v) is 78.9. The summed E-state index contributed by atoms with van der Waals surface area (Å²) >= 11 is 4.24. The number of carbonyl (C=O) groups excluding carboxylic acids is 4. The number of nitro benzene ring substituents is 2. The van der Waals surface area contributed by atoms with Crippen molar-refractivity contribution >= 4 is 116 Å². The van der Waals surface area contributed by atoms with Gasteiger partial charge in [-0.15, -0.1) is 24.0 Å². The maximum absolute atomic E-state index is 14.1. The minimum atomic E-state index is -2.92. The van der Waals surface area contributed by atoms with E-state index in [1.165, 1.54) is 52.9 Å². The number of fused-ring (bicyclic) bond motifs is 4. The number of halogens is 11. The maximum atomic E-state index is 14.1. The molecule has 8 heterocycles. The fourth-order valence-corrected chi connectivity index (χ4v) is 15.5. The van der Waals surface area contributed by atoms with Crippen LogP contribution in [0.25, 0.3) is 5.53 Å². The van der Waals surface area contributed by atoms with Gasteiger partial charge in [-0.2, -0.15) is 20.4 Å². The van der Waals surface area contributed by atoms with E-state index < -0.39 is 134 Å². The molecular weight excluding hydrogens is 2070 g/mol. The Morgan fingerprint density at radius 2 is 0.812 bits per heavy atom.